The standard InChI is InChI=1S/C19H22IN3O2/c20-16-5-3-14(4-6-16)13-22-17(19(25)23-11-1-2-12-23)18(24)15-7-9-21-10-8-15/h3-10,17-18,22,24H,1-2,11-13H2. The van der Waals surface area contributed by atoms with Crippen molar-refractivity contribution in [2.75, 3.05) is 13.1 Å². The molecule has 2 unspecified atom stereocenters. The summed E-state index contributed by atoms with van der Waals surface area (Å²) >= 11 is 2.27. The molecule has 0 spiro atoms. The molecule has 1 saturated heterocycles. The van der Waals surface area contributed by atoms with E-state index in [4.69, 9.17) is 0 Å². The summed E-state index contributed by atoms with van der Waals surface area (Å²) in [7, 11) is 0. The minimum atomic E-state index is -0.903. The number of nitrogens with zero attached hydrogens (tertiary/aromatic N) is 2. The maximum absolute atomic E-state index is 12.9. The van der Waals surface area contributed by atoms with Crippen molar-refractivity contribution in [1.82, 2.24) is 15.2 Å². The van der Waals surface area contributed by atoms with Gasteiger partial charge >= 0.3 is 0 Å². The molecule has 0 aliphatic carbocycles. The Morgan fingerprint density at radius 2 is 1.80 bits per heavy atom. The number of hydrogen-bond acceptors (Lipinski definition) is 4. The summed E-state index contributed by atoms with van der Waals surface area (Å²) < 4.78 is 1.17. The van der Waals surface area contributed by atoms with E-state index in [2.05, 4.69) is 32.9 Å². The molecular formula is C19H22IN3O2. The first-order valence-corrected chi connectivity index (χ1v) is 9.57. The number of carbonyl (C=O) groups is 1. The summed E-state index contributed by atoms with van der Waals surface area (Å²) in [5.41, 5.74) is 1.78. The third-order valence-electron chi connectivity index (χ3n) is 4.49. The number of likely N-dealkylation sites (tertiary alicyclic amines) is 1. The van der Waals surface area contributed by atoms with Gasteiger partial charge in [-0.05, 0) is 70.8 Å². The van der Waals surface area contributed by atoms with Gasteiger partial charge in [-0.25, -0.2) is 0 Å². The molecule has 6 heteroatoms. The predicted molar refractivity (Wildman–Crippen MR) is 105 cm³/mol. The van der Waals surface area contributed by atoms with Gasteiger partial charge in [0.25, 0.3) is 0 Å². The molecule has 132 valence electrons. The molecule has 0 radical (unpaired) electrons. The largest absolute Gasteiger partial charge is 0.386 e. The summed E-state index contributed by atoms with van der Waals surface area (Å²) in [6.07, 6.45) is 4.42. The van der Waals surface area contributed by atoms with E-state index in [1.807, 2.05) is 29.2 Å². The van der Waals surface area contributed by atoms with Crippen LogP contribution >= 0.6 is 22.6 Å². The Labute approximate surface area is 161 Å². The predicted octanol–water partition coefficient (Wildman–Crippen LogP) is 2.50. The third-order valence-corrected chi connectivity index (χ3v) is 5.21. The molecule has 25 heavy (non-hydrogen) atoms. The number of aliphatic hydroxyl groups is 1. The Morgan fingerprint density at radius 3 is 2.44 bits per heavy atom. The average Bonchev–Trinajstić information content (AvgIpc) is 3.18. The number of carbonyl (C=O) groups excluding carboxylic acids is 1. The number of rotatable bonds is 6. The van der Waals surface area contributed by atoms with E-state index in [1.165, 1.54) is 3.57 Å². The van der Waals surface area contributed by atoms with E-state index >= 15 is 0 Å². The molecule has 0 bridgehead atoms. The lowest BCUT2D eigenvalue weighted by atomic mass is 10.0. The van der Waals surface area contributed by atoms with Gasteiger partial charge in [0, 0.05) is 35.6 Å². The number of halogens is 1. The zero-order valence-corrected chi connectivity index (χ0v) is 16.1. The fraction of sp³-hybridized carbons (Fsp3) is 0.368. The van der Waals surface area contributed by atoms with E-state index in [-0.39, 0.29) is 5.91 Å². The Hall–Kier alpha value is -1.51. The Morgan fingerprint density at radius 1 is 1.16 bits per heavy atom. The fourth-order valence-corrected chi connectivity index (χ4v) is 3.41. The second-order valence-corrected chi connectivity index (χ2v) is 7.49. The lowest BCUT2D eigenvalue weighted by molar-refractivity contribution is -0.135. The summed E-state index contributed by atoms with van der Waals surface area (Å²) in [6, 6.07) is 11.0. The molecule has 2 N–H and O–H groups in total. The van der Waals surface area contributed by atoms with E-state index in [1.54, 1.807) is 24.5 Å². The minimum Gasteiger partial charge on any atom is -0.386 e. The van der Waals surface area contributed by atoms with Crippen LogP contribution in [0.1, 0.15) is 30.1 Å². The van der Waals surface area contributed by atoms with Crippen molar-refractivity contribution in [1.29, 1.82) is 0 Å². The topological polar surface area (TPSA) is 65.5 Å². The van der Waals surface area contributed by atoms with Gasteiger partial charge in [0.2, 0.25) is 5.91 Å². The smallest absolute Gasteiger partial charge is 0.242 e. The monoisotopic (exact) mass is 451 g/mol. The molecule has 1 aliphatic heterocycles. The zero-order valence-electron chi connectivity index (χ0n) is 13.9. The molecule has 1 aromatic carbocycles. The molecule has 2 atom stereocenters. The number of hydrogen-bond donors (Lipinski definition) is 2. The van der Waals surface area contributed by atoms with Crippen molar-refractivity contribution in [3.8, 4) is 0 Å². The van der Waals surface area contributed by atoms with Gasteiger partial charge in [-0.15, -0.1) is 0 Å². The summed E-state index contributed by atoms with van der Waals surface area (Å²) in [5, 5.41) is 14.1. The molecule has 1 aliphatic rings. The van der Waals surface area contributed by atoms with Crippen molar-refractivity contribution in [2.24, 2.45) is 0 Å². The maximum Gasteiger partial charge on any atom is 0.242 e. The summed E-state index contributed by atoms with van der Waals surface area (Å²) in [5.74, 6) is -0.0349. The minimum absolute atomic E-state index is 0.0349. The molecule has 1 fully saturated rings. The molecule has 2 heterocycles. The summed E-state index contributed by atoms with van der Waals surface area (Å²) in [4.78, 5) is 18.7. The van der Waals surface area contributed by atoms with Crippen molar-refractivity contribution >= 4 is 28.5 Å². The number of aliphatic hydroxyl groups excluding tert-OH is 1. The maximum atomic E-state index is 12.9. The van der Waals surface area contributed by atoms with Crippen LogP contribution in [-0.4, -0.2) is 40.0 Å². The van der Waals surface area contributed by atoms with Crippen LogP contribution in [0.25, 0.3) is 0 Å². The average molecular weight is 451 g/mol. The van der Waals surface area contributed by atoms with E-state index in [0.717, 1.165) is 31.5 Å². The van der Waals surface area contributed by atoms with E-state index < -0.39 is 12.1 Å². The molecule has 2 aromatic rings. The lowest BCUT2D eigenvalue weighted by Gasteiger charge is -2.28. The number of nitrogens with one attached hydrogen (secondary N) is 1. The first-order valence-electron chi connectivity index (χ1n) is 8.50. The molecule has 3 rings (SSSR count). The van der Waals surface area contributed by atoms with Crippen LogP contribution in [0, 0.1) is 3.57 Å². The normalized spacial score (nSPS) is 16.6. The van der Waals surface area contributed by atoms with Crippen LogP contribution in [-0.2, 0) is 11.3 Å². The second kappa shape index (κ2) is 8.73. The number of benzene rings is 1. The van der Waals surface area contributed by atoms with Gasteiger partial charge in [0.1, 0.15) is 12.1 Å². The van der Waals surface area contributed by atoms with E-state index in [0.29, 0.717) is 12.1 Å². The van der Waals surface area contributed by atoms with Crippen molar-refractivity contribution in [2.45, 2.75) is 31.5 Å². The number of amides is 1. The molecular weight excluding hydrogens is 429 g/mol. The molecule has 1 aromatic heterocycles. The van der Waals surface area contributed by atoms with Crippen LogP contribution in [0.15, 0.2) is 48.8 Å². The number of pyridine rings is 1. The molecule has 0 saturated carbocycles. The highest BCUT2D eigenvalue weighted by molar-refractivity contribution is 14.1. The fourth-order valence-electron chi connectivity index (χ4n) is 3.05. The van der Waals surface area contributed by atoms with Gasteiger partial charge < -0.3 is 10.0 Å². The van der Waals surface area contributed by atoms with Crippen molar-refractivity contribution in [3.05, 3.63) is 63.5 Å². The van der Waals surface area contributed by atoms with Crippen LogP contribution in [0.4, 0.5) is 0 Å². The summed E-state index contributed by atoms with van der Waals surface area (Å²) in [6.45, 7) is 2.07. The van der Waals surface area contributed by atoms with Crippen LogP contribution < -0.4 is 5.32 Å². The third kappa shape index (κ3) is 4.77. The highest BCUT2D eigenvalue weighted by atomic mass is 127. The van der Waals surface area contributed by atoms with Crippen molar-refractivity contribution in [3.63, 3.8) is 0 Å². The van der Waals surface area contributed by atoms with Crippen LogP contribution in [0.3, 0.4) is 0 Å². The molecule has 1 amide bonds. The zero-order chi connectivity index (χ0) is 17.6. The SMILES string of the molecule is O=C(C(NCc1ccc(I)cc1)C(O)c1ccncc1)N1CCCC1. The van der Waals surface area contributed by atoms with Crippen molar-refractivity contribution < 1.29 is 9.90 Å². The second-order valence-electron chi connectivity index (χ2n) is 6.24. The van der Waals surface area contributed by atoms with Crippen LogP contribution in [0.5, 0.6) is 0 Å². The molecule has 5 nitrogen and oxygen atoms in total. The van der Waals surface area contributed by atoms with Gasteiger partial charge in [0.15, 0.2) is 0 Å². The highest BCUT2D eigenvalue weighted by Gasteiger charge is 2.32. The number of aromatic nitrogens is 1. The lowest BCUT2D eigenvalue weighted by Crippen LogP contribution is -2.48. The van der Waals surface area contributed by atoms with Gasteiger partial charge in [0.05, 0.1) is 0 Å². The highest BCUT2D eigenvalue weighted by Crippen LogP contribution is 2.20. The Kier molecular flexibility index (Phi) is 6.39. The van der Waals surface area contributed by atoms with Gasteiger partial charge in [-0.2, -0.15) is 0 Å². The first kappa shape index (κ1) is 18.3. The quantitative estimate of drug-likeness (QED) is 0.663. The van der Waals surface area contributed by atoms with Crippen LogP contribution in [0.2, 0.25) is 0 Å². The Balaban J connectivity index is 1.75. The van der Waals surface area contributed by atoms with Gasteiger partial charge in [-0.1, -0.05) is 12.1 Å². The Bertz CT molecular complexity index is 688. The first-order chi connectivity index (χ1) is 12.1. The van der Waals surface area contributed by atoms with Gasteiger partial charge in [-0.3, -0.25) is 15.1 Å². The van der Waals surface area contributed by atoms with E-state index in [9.17, 15) is 9.90 Å².